The minimum atomic E-state index is -2.95. The third kappa shape index (κ3) is 2.36. The lowest BCUT2D eigenvalue weighted by molar-refractivity contribution is 0.0738. The molecule has 0 aromatic carbocycles. The van der Waals surface area contributed by atoms with Crippen molar-refractivity contribution in [2.75, 3.05) is 18.6 Å². The number of carbonyl (C=O) groups is 1. The largest absolute Gasteiger partial charge is 0.347 e. The summed E-state index contributed by atoms with van der Waals surface area (Å²) >= 11 is 0. The lowest BCUT2D eigenvalue weighted by Crippen LogP contribution is -2.38. The Balaban J connectivity index is 2.14. The Labute approximate surface area is 101 Å². The maximum absolute atomic E-state index is 12.1. The monoisotopic (exact) mass is 256 g/mol. The Hall–Kier alpha value is -1.30. The molecule has 1 unspecified atom stereocenters. The van der Waals surface area contributed by atoms with Gasteiger partial charge in [0.25, 0.3) is 5.91 Å². The average Bonchev–Trinajstić information content (AvgIpc) is 2.82. The van der Waals surface area contributed by atoms with Crippen LogP contribution in [-0.4, -0.2) is 48.4 Å². The quantitative estimate of drug-likeness (QED) is 0.764. The van der Waals surface area contributed by atoms with E-state index in [9.17, 15) is 13.2 Å². The van der Waals surface area contributed by atoms with Crippen LogP contribution in [-0.2, 0) is 16.9 Å². The van der Waals surface area contributed by atoms with Gasteiger partial charge in [-0.3, -0.25) is 4.79 Å². The van der Waals surface area contributed by atoms with Gasteiger partial charge in [0.15, 0.2) is 9.84 Å². The SMILES string of the molecule is CN(C(=O)c1cccn1C)C1CCS(=O)(=O)C1. The number of aromatic nitrogens is 1. The molecule has 17 heavy (non-hydrogen) atoms. The van der Waals surface area contributed by atoms with Crippen LogP contribution < -0.4 is 0 Å². The molecule has 1 aromatic rings. The van der Waals surface area contributed by atoms with Gasteiger partial charge in [-0.15, -0.1) is 0 Å². The first-order chi connectivity index (χ1) is 7.91. The molecule has 0 saturated carbocycles. The van der Waals surface area contributed by atoms with E-state index in [0.29, 0.717) is 12.1 Å². The van der Waals surface area contributed by atoms with Gasteiger partial charge in [0, 0.05) is 26.3 Å². The third-order valence-corrected chi connectivity index (χ3v) is 4.99. The molecule has 5 nitrogen and oxygen atoms in total. The van der Waals surface area contributed by atoms with E-state index < -0.39 is 9.84 Å². The van der Waals surface area contributed by atoms with Gasteiger partial charge in [-0.05, 0) is 18.6 Å². The molecule has 2 heterocycles. The Bertz CT molecular complexity index is 533. The van der Waals surface area contributed by atoms with Crippen molar-refractivity contribution < 1.29 is 13.2 Å². The molecule has 0 bridgehead atoms. The summed E-state index contributed by atoms with van der Waals surface area (Å²) in [4.78, 5) is 13.7. The van der Waals surface area contributed by atoms with Crippen LogP contribution in [0.3, 0.4) is 0 Å². The third-order valence-electron chi connectivity index (χ3n) is 3.24. The topological polar surface area (TPSA) is 59.4 Å². The zero-order chi connectivity index (χ0) is 12.6. The van der Waals surface area contributed by atoms with E-state index in [1.54, 1.807) is 41.9 Å². The fourth-order valence-electron chi connectivity index (χ4n) is 2.11. The number of rotatable bonds is 2. The number of nitrogens with zero attached hydrogens (tertiary/aromatic N) is 2. The van der Waals surface area contributed by atoms with E-state index in [1.165, 1.54) is 0 Å². The highest BCUT2D eigenvalue weighted by atomic mass is 32.2. The molecule has 1 aromatic heterocycles. The van der Waals surface area contributed by atoms with Gasteiger partial charge in [0.05, 0.1) is 11.5 Å². The first-order valence-electron chi connectivity index (χ1n) is 5.49. The minimum absolute atomic E-state index is 0.0830. The lowest BCUT2D eigenvalue weighted by Gasteiger charge is -2.23. The summed E-state index contributed by atoms with van der Waals surface area (Å²) in [5.74, 6) is 0.141. The highest BCUT2D eigenvalue weighted by molar-refractivity contribution is 7.91. The number of aryl methyl sites for hydroxylation is 1. The van der Waals surface area contributed by atoms with Crippen LogP contribution in [0, 0.1) is 0 Å². The van der Waals surface area contributed by atoms with Gasteiger partial charge in [-0.1, -0.05) is 0 Å². The second kappa shape index (κ2) is 4.18. The number of hydrogen-bond donors (Lipinski definition) is 0. The molecule has 0 aliphatic carbocycles. The van der Waals surface area contributed by atoms with Crippen molar-refractivity contribution in [3.05, 3.63) is 24.0 Å². The molecule has 0 N–H and O–H groups in total. The van der Waals surface area contributed by atoms with Crippen LogP contribution in [0.15, 0.2) is 18.3 Å². The van der Waals surface area contributed by atoms with E-state index in [1.807, 2.05) is 0 Å². The average molecular weight is 256 g/mol. The molecular formula is C11H16N2O3S. The van der Waals surface area contributed by atoms with Gasteiger partial charge >= 0.3 is 0 Å². The van der Waals surface area contributed by atoms with Crippen molar-refractivity contribution in [2.45, 2.75) is 12.5 Å². The predicted octanol–water partition coefficient (Wildman–Crippen LogP) is 0.284. The Kier molecular flexibility index (Phi) is 2.99. The van der Waals surface area contributed by atoms with Crippen molar-refractivity contribution in [3.63, 3.8) is 0 Å². The number of carbonyl (C=O) groups excluding carboxylic acids is 1. The van der Waals surface area contributed by atoms with Crippen molar-refractivity contribution in [2.24, 2.45) is 7.05 Å². The van der Waals surface area contributed by atoms with Crippen molar-refractivity contribution in [1.29, 1.82) is 0 Å². The summed E-state index contributed by atoms with van der Waals surface area (Å²) in [7, 11) is 0.512. The molecule has 2 rings (SSSR count). The normalized spacial score (nSPS) is 22.6. The zero-order valence-electron chi connectivity index (χ0n) is 9.96. The fourth-order valence-corrected chi connectivity index (χ4v) is 3.89. The molecule has 1 atom stereocenters. The van der Waals surface area contributed by atoms with Gasteiger partial charge in [0.1, 0.15) is 5.69 Å². The van der Waals surface area contributed by atoms with E-state index >= 15 is 0 Å². The van der Waals surface area contributed by atoms with Crippen molar-refractivity contribution >= 4 is 15.7 Å². The van der Waals surface area contributed by atoms with E-state index in [4.69, 9.17) is 0 Å². The first kappa shape index (κ1) is 12.2. The first-order valence-corrected chi connectivity index (χ1v) is 7.32. The van der Waals surface area contributed by atoms with Gasteiger partial charge < -0.3 is 9.47 Å². The van der Waals surface area contributed by atoms with Crippen LogP contribution in [0.5, 0.6) is 0 Å². The summed E-state index contributed by atoms with van der Waals surface area (Å²) < 4.78 is 24.5. The standard InChI is InChI=1S/C11H16N2O3S/c1-12-6-3-4-10(12)11(14)13(2)9-5-7-17(15,16)8-9/h3-4,6,9H,5,7-8H2,1-2H3. The Morgan fingerprint density at radius 2 is 2.24 bits per heavy atom. The van der Waals surface area contributed by atoms with Gasteiger partial charge in [-0.2, -0.15) is 0 Å². The summed E-state index contributed by atoms with van der Waals surface area (Å²) in [6, 6.07) is 3.34. The summed E-state index contributed by atoms with van der Waals surface area (Å²) in [5.41, 5.74) is 0.580. The van der Waals surface area contributed by atoms with Crippen LogP contribution in [0.1, 0.15) is 16.9 Å². The van der Waals surface area contributed by atoms with E-state index in [0.717, 1.165) is 0 Å². The maximum atomic E-state index is 12.1. The highest BCUT2D eigenvalue weighted by Gasteiger charge is 2.33. The Morgan fingerprint density at radius 3 is 2.71 bits per heavy atom. The molecule has 1 amide bonds. The van der Waals surface area contributed by atoms with Crippen LogP contribution >= 0.6 is 0 Å². The molecule has 1 fully saturated rings. The lowest BCUT2D eigenvalue weighted by atomic mass is 10.2. The predicted molar refractivity (Wildman–Crippen MR) is 64.6 cm³/mol. The molecule has 6 heteroatoms. The summed E-state index contributed by atoms with van der Waals surface area (Å²) in [6.45, 7) is 0. The van der Waals surface area contributed by atoms with Crippen molar-refractivity contribution in [1.82, 2.24) is 9.47 Å². The van der Waals surface area contributed by atoms with E-state index in [-0.39, 0.29) is 23.5 Å². The van der Waals surface area contributed by atoms with Crippen molar-refractivity contribution in [3.8, 4) is 0 Å². The molecule has 1 saturated heterocycles. The molecule has 1 aliphatic rings. The number of hydrogen-bond acceptors (Lipinski definition) is 3. The van der Waals surface area contributed by atoms with Crippen LogP contribution in [0.4, 0.5) is 0 Å². The molecule has 1 aliphatic heterocycles. The number of sulfone groups is 1. The highest BCUT2D eigenvalue weighted by Crippen LogP contribution is 2.18. The second-order valence-electron chi connectivity index (χ2n) is 4.48. The van der Waals surface area contributed by atoms with Crippen LogP contribution in [0.2, 0.25) is 0 Å². The summed E-state index contributed by atoms with van der Waals surface area (Å²) in [5, 5.41) is 0. The van der Waals surface area contributed by atoms with Crippen LogP contribution in [0.25, 0.3) is 0 Å². The molecule has 0 radical (unpaired) electrons. The molecule has 0 spiro atoms. The van der Waals surface area contributed by atoms with Gasteiger partial charge in [0.2, 0.25) is 0 Å². The second-order valence-corrected chi connectivity index (χ2v) is 6.71. The smallest absolute Gasteiger partial charge is 0.270 e. The zero-order valence-corrected chi connectivity index (χ0v) is 10.8. The number of amides is 1. The maximum Gasteiger partial charge on any atom is 0.270 e. The minimum Gasteiger partial charge on any atom is -0.347 e. The fraction of sp³-hybridized carbons (Fsp3) is 0.545. The van der Waals surface area contributed by atoms with E-state index in [2.05, 4.69) is 0 Å². The molecule has 94 valence electrons. The Morgan fingerprint density at radius 1 is 1.53 bits per heavy atom. The van der Waals surface area contributed by atoms with Gasteiger partial charge in [-0.25, -0.2) is 8.42 Å². The summed E-state index contributed by atoms with van der Waals surface area (Å²) in [6.07, 6.45) is 2.33. The molecular weight excluding hydrogens is 240 g/mol.